The Balaban J connectivity index is 1.82. The van der Waals surface area contributed by atoms with Crippen molar-refractivity contribution in [2.75, 3.05) is 13.1 Å². The zero-order valence-electron chi connectivity index (χ0n) is 25.6. The highest BCUT2D eigenvalue weighted by atomic mass is 35.5. The monoisotopic (exact) mass is 635 g/mol. The van der Waals surface area contributed by atoms with Gasteiger partial charge in [0.15, 0.2) is 0 Å². The fourth-order valence-electron chi connectivity index (χ4n) is 3.78. The van der Waals surface area contributed by atoms with Crippen LogP contribution >= 0.6 is 11.6 Å². The number of carbonyl (C=O) groups excluding carboxylic acids is 2. The molecule has 0 spiro atoms. The molecule has 1 aromatic heterocycles. The van der Waals surface area contributed by atoms with Crippen LogP contribution in [0.2, 0.25) is 5.02 Å². The van der Waals surface area contributed by atoms with Gasteiger partial charge >= 0.3 is 11.9 Å². The van der Waals surface area contributed by atoms with Gasteiger partial charge in [-0.05, 0) is 97.9 Å². The average molecular weight is 636 g/mol. The van der Waals surface area contributed by atoms with Gasteiger partial charge in [0.25, 0.3) is 5.89 Å². The minimum atomic E-state index is -4.21. The second-order valence-corrected chi connectivity index (χ2v) is 14.4. The lowest BCUT2D eigenvalue weighted by molar-refractivity contribution is -0.157. The maximum Gasteiger partial charge on any atom is 0.321 e. The first kappa shape index (κ1) is 34.0. The van der Waals surface area contributed by atoms with Crippen LogP contribution < -0.4 is 4.74 Å². The molecular weight excluding hydrogens is 598 g/mol. The second-order valence-electron chi connectivity index (χ2n) is 12.0. The molecule has 0 fully saturated rings. The number of benzene rings is 2. The molecule has 0 saturated carbocycles. The highest BCUT2D eigenvalue weighted by Crippen LogP contribution is 2.31. The molecule has 3 aromatic rings. The van der Waals surface area contributed by atoms with Crippen LogP contribution in [0.5, 0.6) is 5.75 Å². The Labute approximate surface area is 257 Å². The number of ether oxygens (including phenoxy) is 3. The van der Waals surface area contributed by atoms with Crippen LogP contribution in [-0.4, -0.2) is 65.2 Å². The summed E-state index contributed by atoms with van der Waals surface area (Å²) in [4.78, 5) is 29.2. The van der Waals surface area contributed by atoms with E-state index in [4.69, 9.17) is 30.3 Å². The van der Waals surface area contributed by atoms with Crippen LogP contribution in [0.15, 0.2) is 51.9 Å². The van der Waals surface area contributed by atoms with Gasteiger partial charge in [0.2, 0.25) is 15.8 Å². The van der Waals surface area contributed by atoms with Gasteiger partial charge in [0, 0.05) is 17.7 Å². The Morgan fingerprint density at radius 3 is 2.07 bits per heavy atom. The maximum absolute atomic E-state index is 13.6. The van der Waals surface area contributed by atoms with Crippen molar-refractivity contribution in [1.29, 1.82) is 0 Å². The van der Waals surface area contributed by atoms with E-state index < -0.39 is 39.7 Å². The number of sulfonamides is 1. The fraction of sp³-hybridized carbons (Fsp3) is 0.467. The number of hydrogen-bond acceptors (Lipinski definition) is 10. The molecule has 0 bridgehead atoms. The molecule has 11 nitrogen and oxygen atoms in total. The molecule has 0 radical (unpaired) electrons. The summed E-state index contributed by atoms with van der Waals surface area (Å²) in [6.07, 6.45) is -0.294. The van der Waals surface area contributed by atoms with Crippen LogP contribution in [0, 0.1) is 0 Å². The summed E-state index contributed by atoms with van der Waals surface area (Å²) in [5.41, 5.74) is -0.486. The van der Waals surface area contributed by atoms with Crippen LogP contribution in [0.3, 0.4) is 0 Å². The predicted octanol–water partition coefficient (Wildman–Crippen LogP) is 5.91. The first-order valence-corrected chi connectivity index (χ1v) is 15.5. The molecule has 0 aliphatic heterocycles. The number of rotatable bonds is 11. The van der Waals surface area contributed by atoms with Gasteiger partial charge in [-0.3, -0.25) is 9.59 Å². The highest BCUT2D eigenvalue weighted by molar-refractivity contribution is 7.89. The molecule has 0 saturated heterocycles. The minimum Gasteiger partial charge on any atom is -0.489 e. The fourth-order valence-corrected chi connectivity index (χ4v) is 5.39. The number of nitrogens with zero attached hydrogens (tertiary/aromatic N) is 3. The van der Waals surface area contributed by atoms with Gasteiger partial charge in [0.05, 0.1) is 22.4 Å². The SMILES string of the molecule is CC(C)Oc1ccc(-c2noc(-c3ccc(S(=O)(=O)N(CCC(=O)OC(C)(C)C)CC(=O)OC(C)(C)C)cc3)n2)cc1Cl. The van der Waals surface area contributed by atoms with Gasteiger partial charge < -0.3 is 18.7 Å². The summed E-state index contributed by atoms with van der Waals surface area (Å²) >= 11 is 6.34. The van der Waals surface area contributed by atoms with Gasteiger partial charge in [-0.1, -0.05) is 16.8 Å². The predicted molar refractivity (Wildman–Crippen MR) is 161 cm³/mol. The number of aromatic nitrogens is 2. The largest absolute Gasteiger partial charge is 0.489 e. The third-order valence-corrected chi connectivity index (χ3v) is 7.58. The lowest BCUT2D eigenvalue weighted by Crippen LogP contribution is -2.40. The van der Waals surface area contributed by atoms with Crippen LogP contribution in [0.4, 0.5) is 0 Å². The highest BCUT2D eigenvalue weighted by Gasteiger charge is 2.30. The van der Waals surface area contributed by atoms with E-state index in [-0.39, 0.29) is 35.7 Å². The third kappa shape index (κ3) is 10.0. The van der Waals surface area contributed by atoms with Crippen molar-refractivity contribution < 1.29 is 36.7 Å². The second kappa shape index (κ2) is 13.4. The van der Waals surface area contributed by atoms with E-state index in [9.17, 15) is 18.0 Å². The van der Waals surface area contributed by atoms with Crippen molar-refractivity contribution in [3.63, 3.8) is 0 Å². The Morgan fingerprint density at radius 2 is 1.51 bits per heavy atom. The Morgan fingerprint density at radius 1 is 0.930 bits per heavy atom. The van der Waals surface area contributed by atoms with Gasteiger partial charge in [-0.25, -0.2) is 8.42 Å². The summed E-state index contributed by atoms with van der Waals surface area (Å²) < 4.78 is 49.8. The Hall–Kier alpha value is -3.48. The molecule has 13 heteroatoms. The first-order valence-electron chi connectivity index (χ1n) is 13.7. The van der Waals surface area contributed by atoms with Crippen molar-refractivity contribution in [1.82, 2.24) is 14.4 Å². The number of hydrogen-bond donors (Lipinski definition) is 0. The van der Waals surface area contributed by atoms with E-state index >= 15 is 0 Å². The summed E-state index contributed by atoms with van der Waals surface area (Å²) in [7, 11) is -4.21. The summed E-state index contributed by atoms with van der Waals surface area (Å²) in [5.74, 6) is -0.363. The minimum absolute atomic E-state index is 0.0405. The van der Waals surface area contributed by atoms with E-state index in [1.165, 1.54) is 24.3 Å². The van der Waals surface area contributed by atoms with Crippen molar-refractivity contribution in [2.24, 2.45) is 0 Å². The van der Waals surface area contributed by atoms with Crippen LogP contribution in [0.1, 0.15) is 61.8 Å². The summed E-state index contributed by atoms with van der Waals surface area (Å²) in [6, 6.07) is 10.9. The lowest BCUT2D eigenvalue weighted by atomic mass is 10.2. The Bertz CT molecular complexity index is 1540. The normalized spacial score (nSPS) is 12.4. The lowest BCUT2D eigenvalue weighted by Gasteiger charge is -2.25. The molecule has 0 aliphatic carbocycles. The van der Waals surface area contributed by atoms with Crippen molar-refractivity contribution in [3.05, 3.63) is 47.5 Å². The smallest absolute Gasteiger partial charge is 0.321 e. The quantitative estimate of drug-likeness (QED) is 0.234. The van der Waals surface area contributed by atoms with Crippen LogP contribution in [-0.2, 0) is 29.1 Å². The molecule has 0 unspecified atom stereocenters. The average Bonchev–Trinajstić information content (AvgIpc) is 3.36. The molecule has 1 heterocycles. The third-order valence-electron chi connectivity index (χ3n) is 5.43. The topological polar surface area (TPSA) is 138 Å². The zero-order valence-corrected chi connectivity index (χ0v) is 27.2. The molecule has 3 rings (SSSR count). The molecule has 234 valence electrons. The standard InChI is InChI=1S/C30H38ClN3O8S/c1-19(2)39-24-14-11-21(17-23(24)31)27-32-28(42-33-27)20-9-12-22(13-10-20)43(37,38)34(18-26(36)41-30(6,7)8)16-15-25(35)40-29(3,4)5/h9-14,17,19H,15-16,18H2,1-8H3. The van der Waals surface area contributed by atoms with Gasteiger partial charge in [-0.2, -0.15) is 9.29 Å². The summed E-state index contributed by atoms with van der Waals surface area (Å²) in [6.45, 7) is 13.1. The molecule has 2 aromatic carbocycles. The van der Waals surface area contributed by atoms with E-state index in [0.29, 0.717) is 21.9 Å². The Kier molecular flexibility index (Phi) is 10.6. The maximum atomic E-state index is 13.6. The van der Waals surface area contributed by atoms with E-state index in [1.807, 2.05) is 13.8 Å². The number of halogens is 1. The molecule has 0 N–H and O–H groups in total. The van der Waals surface area contributed by atoms with Gasteiger partial charge in [0.1, 0.15) is 23.5 Å². The number of carbonyl (C=O) groups is 2. The molecule has 0 atom stereocenters. The van der Waals surface area contributed by atoms with E-state index in [0.717, 1.165) is 4.31 Å². The zero-order chi connectivity index (χ0) is 32.2. The number of esters is 2. The van der Waals surface area contributed by atoms with Crippen molar-refractivity contribution in [3.8, 4) is 28.6 Å². The molecule has 43 heavy (non-hydrogen) atoms. The van der Waals surface area contributed by atoms with E-state index in [2.05, 4.69) is 10.1 Å². The van der Waals surface area contributed by atoms with Gasteiger partial charge in [-0.15, -0.1) is 0 Å². The molecule has 0 aliphatic rings. The molecular formula is C30H38ClN3O8S. The van der Waals surface area contributed by atoms with E-state index in [1.54, 1.807) is 59.7 Å². The first-order chi connectivity index (χ1) is 19.8. The summed E-state index contributed by atoms with van der Waals surface area (Å²) in [5, 5.41) is 4.41. The van der Waals surface area contributed by atoms with Crippen molar-refractivity contribution >= 4 is 33.6 Å². The van der Waals surface area contributed by atoms with Crippen LogP contribution in [0.25, 0.3) is 22.8 Å². The van der Waals surface area contributed by atoms with Crippen molar-refractivity contribution in [2.45, 2.75) is 84.0 Å². The molecule has 0 amide bonds.